The van der Waals surface area contributed by atoms with E-state index in [2.05, 4.69) is 15.9 Å². The van der Waals surface area contributed by atoms with Crippen molar-refractivity contribution in [1.82, 2.24) is 4.90 Å². The van der Waals surface area contributed by atoms with Gasteiger partial charge in [0.15, 0.2) is 6.61 Å². The highest BCUT2D eigenvalue weighted by Gasteiger charge is 2.15. The Morgan fingerprint density at radius 1 is 1.21 bits per heavy atom. The van der Waals surface area contributed by atoms with Crippen molar-refractivity contribution < 1.29 is 9.53 Å². The van der Waals surface area contributed by atoms with E-state index in [1.165, 1.54) is 12.8 Å². The first-order valence-electron chi connectivity index (χ1n) is 6.62. The molecule has 0 saturated carbocycles. The van der Waals surface area contributed by atoms with E-state index in [-0.39, 0.29) is 12.5 Å². The lowest BCUT2D eigenvalue weighted by Gasteiger charge is -2.20. The van der Waals surface area contributed by atoms with E-state index in [0.29, 0.717) is 11.4 Å². The number of anilines is 1. The molecule has 19 heavy (non-hydrogen) atoms. The average molecular weight is 327 g/mol. The van der Waals surface area contributed by atoms with Gasteiger partial charge in [-0.05, 0) is 25.0 Å². The molecular formula is C14H19BrN2O2. The molecule has 1 aromatic rings. The predicted molar refractivity (Wildman–Crippen MR) is 79.1 cm³/mol. The van der Waals surface area contributed by atoms with Gasteiger partial charge in [-0.2, -0.15) is 0 Å². The Labute approximate surface area is 122 Å². The summed E-state index contributed by atoms with van der Waals surface area (Å²) in [7, 11) is 0. The first-order valence-corrected chi connectivity index (χ1v) is 7.41. The highest BCUT2D eigenvalue weighted by atomic mass is 79.9. The second-order valence-corrected chi connectivity index (χ2v) is 5.72. The van der Waals surface area contributed by atoms with Crippen LogP contribution in [0, 0.1) is 0 Å². The summed E-state index contributed by atoms with van der Waals surface area (Å²) < 4.78 is 6.37. The van der Waals surface area contributed by atoms with Crippen molar-refractivity contribution in [3.05, 3.63) is 22.7 Å². The molecule has 1 heterocycles. The van der Waals surface area contributed by atoms with Gasteiger partial charge in [-0.1, -0.05) is 28.8 Å². The third-order valence-corrected chi connectivity index (χ3v) is 3.67. The largest absolute Gasteiger partial charge is 0.484 e. The summed E-state index contributed by atoms with van der Waals surface area (Å²) in [6.07, 6.45) is 4.62. The Balaban J connectivity index is 1.88. The summed E-state index contributed by atoms with van der Waals surface area (Å²) in [5.41, 5.74) is 6.34. The van der Waals surface area contributed by atoms with Crippen LogP contribution in [0.15, 0.2) is 22.7 Å². The highest BCUT2D eigenvalue weighted by Crippen LogP contribution is 2.22. The number of hydrogen-bond donors (Lipinski definition) is 1. The number of halogens is 1. The molecule has 104 valence electrons. The van der Waals surface area contributed by atoms with Crippen LogP contribution >= 0.6 is 15.9 Å². The summed E-state index contributed by atoms with van der Waals surface area (Å²) >= 11 is 3.35. The smallest absolute Gasteiger partial charge is 0.260 e. The maximum atomic E-state index is 12.1. The lowest BCUT2D eigenvalue weighted by atomic mass is 10.2. The molecule has 1 fully saturated rings. The number of nitrogens with two attached hydrogens (primary N) is 1. The highest BCUT2D eigenvalue weighted by molar-refractivity contribution is 9.10. The molecule has 5 heteroatoms. The third kappa shape index (κ3) is 4.42. The number of carbonyl (C=O) groups is 1. The van der Waals surface area contributed by atoms with Gasteiger partial charge >= 0.3 is 0 Å². The van der Waals surface area contributed by atoms with Gasteiger partial charge in [0.05, 0.1) is 0 Å². The number of nitrogens with zero attached hydrogens (tertiary/aromatic N) is 1. The van der Waals surface area contributed by atoms with Crippen LogP contribution < -0.4 is 10.5 Å². The third-order valence-electron chi connectivity index (χ3n) is 3.21. The van der Waals surface area contributed by atoms with Crippen LogP contribution in [0.25, 0.3) is 0 Å². The van der Waals surface area contributed by atoms with E-state index in [0.717, 1.165) is 30.4 Å². The van der Waals surface area contributed by atoms with Crippen LogP contribution in [0.4, 0.5) is 5.69 Å². The molecule has 0 atom stereocenters. The van der Waals surface area contributed by atoms with Gasteiger partial charge in [-0.15, -0.1) is 0 Å². The number of carbonyl (C=O) groups excluding carboxylic acids is 1. The molecule has 4 nitrogen and oxygen atoms in total. The van der Waals surface area contributed by atoms with E-state index in [1.807, 2.05) is 11.0 Å². The number of hydrogen-bond acceptors (Lipinski definition) is 3. The maximum Gasteiger partial charge on any atom is 0.260 e. The molecule has 0 unspecified atom stereocenters. The average Bonchev–Trinajstić information content (AvgIpc) is 2.63. The molecule has 2 N–H and O–H groups in total. The van der Waals surface area contributed by atoms with Crippen molar-refractivity contribution in [1.29, 1.82) is 0 Å². The SMILES string of the molecule is Nc1cc(Br)cc(OCC(=O)N2CCCCCC2)c1. The van der Waals surface area contributed by atoms with Crippen LogP contribution in [-0.2, 0) is 4.79 Å². The van der Waals surface area contributed by atoms with E-state index in [1.54, 1.807) is 12.1 Å². The van der Waals surface area contributed by atoms with Crippen molar-refractivity contribution >= 4 is 27.5 Å². The van der Waals surface area contributed by atoms with Crippen LogP contribution in [0.1, 0.15) is 25.7 Å². The molecule has 1 amide bonds. The number of rotatable bonds is 3. The molecule has 1 aliphatic heterocycles. The van der Waals surface area contributed by atoms with Crippen molar-refractivity contribution in [2.75, 3.05) is 25.4 Å². The van der Waals surface area contributed by atoms with Crippen LogP contribution in [-0.4, -0.2) is 30.5 Å². The fraction of sp³-hybridized carbons (Fsp3) is 0.500. The minimum Gasteiger partial charge on any atom is -0.484 e. The molecular weight excluding hydrogens is 308 g/mol. The zero-order valence-electron chi connectivity index (χ0n) is 10.9. The minimum atomic E-state index is 0.0560. The summed E-state index contributed by atoms with van der Waals surface area (Å²) in [4.78, 5) is 13.9. The quantitative estimate of drug-likeness (QED) is 0.869. The number of likely N-dealkylation sites (tertiary alicyclic amines) is 1. The van der Waals surface area contributed by atoms with Crippen molar-refractivity contribution in [3.8, 4) is 5.75 Å². The Kier molecular flexibility index (Phi) is 5.07. The second kappa shape index (κ2) is 6.80. The lowest BCUT2D eigenvalue weighted by molar-refractivity contribution is -0.133. The Bertz CT molecular complexity index is 423. The van der Waals surface area contributed by atoms with Crippen molar-refractivity contribution in [2.45, 2.75) is 25.7 Å². The standard InChI is InChI=1S/C14H19BrN2O2/c15-11-7-12(16)9-13(8-11)19-10-14(18)17-5-3-1-2-4-6-17/h7-9H,1-6,10,16H2. The van der Waals surface area contributed by atoms with Gasteiger partial charge in [-0.3, -0.25) is 4.79 Å². The monoisotopic (exact) mass is 326 g/mol. The van der Waals surface area contributed by atoms with Gasteiger partial charge in [0, 0.05) is 29.3 Å². The summed E-state index contributed by atoms with van der Waals surface area (Å²) in [6, 6.07) is 5.33. The first-order chi connectivity index (χ1) is 9.15. The molecule has 1 aliphatic rings. The van der Waals surface area contributed by atoms with Gasteiger partial charge < -0.3 is 15.4 Å². The normalized spacial score (nSPS) is 15.9. The number of ether oxygens (including phenoxy) is 1. The molecule has 0 radical (unpaired) electrons. The summed E-state index contributed by atoms with van der Waals surface area (Å²) in [5.74, 6) is 0.676. The molecule has 1 saturated heterocycles. The fourth-order valence-corrected chi connectivity index (χ4v) is 2.71. The lowest BCUT2D eigenvalue weighted by Crippen LogP contribution is -2.35. The summed E-state index contributed by atoms with van der Waals surface area (Å²) in [5, 5.41) is 0. The number of nitrogen functional groups attached to an aromatic ring is 1. The Morgan fingerprint density at radius 3 is 2.53 bits per heavy atom. The summed E-state index contributed by atoms with van der Waals surface area (Å²) in [6.45, 7) is 1.78. The second-order valence-electron chi connectivity index (χ2n) is 4.80. The van der Waals surface area contributed by atoms with Crippen molar-refractivity contribution in [3.63, 3.8) is 0 Å². The van der Waals surface area contributed by atoms with E-state index in [9.17, 15) is 4.79 Å². The zero-order chi connectivity index (χ0) is 13.7. The van der Waals surface area contributed by atoms with E-state index >= 15 is 0 Å². The molecule has 0 aliphatic carbocycles. The molecule has 1 aromatic carbocycles. The van der Waals surface area contributed by atoms with E-state index < -0.39 is 0 Å². The first kappa shape index (κ1) is 14.2. The van der Waals surface area contributed by atoms with Gasteiger partial charge in [0.2, 0.25) is 0 Å². The number of benzene rings is 1. The van der Waals surface area contributed by atoms with Gasteiger partial charge in [-0.25, -0.2) is 0 Å². The van der Waals surface area contributed by atoms with E-state index in [4.69, 9.17) is 10.5 Å². The molecule has 0 aromatic heterocycles. The molecule has 0 spiro atoms. The van der Waals surface area contributed by atoms with Crippen LogP contribution in [0.5, 0.6) is 5.75 Å². The predicted octanol–water partition coefficient (Wildman–Crippen LogP) is 2.81. The fourth-order valence-electron chi connectivity index (χ4n) is 2.22. The van der Waals surface area contributed by atoms with Crippen molar-refractivity contribution in [2.24, 2.45) is 0 Å². The Hall–Kier alpha value is -1.23. The maximum absolute atomic E-state index is 12.1. The van der Waals surface area contributed by atoms with Crippen LogP contribution in [0.3, 0.4) is 0 Å². The van der Waals surface area contributed by atoms with Crippen LogP contribution in [0.2, 0.25) is 0 Å². The molecule has 2 rings (SSSR count). The topological polar surface area (TPSA) is 55.6 Å². The number of amides is 1. The van der Waals surface area contributed by atoms with Gasteiger partial charge in [0.1, 0.15) is 5.75 Å². The minimum absolute atomic E-state index is 0.0560. The zero-order valence-corrected chi connectivity index (χ0v) is 12.5. The Morgan fingerprint density at radius 2 is 1.89 bits per heavy atom. The molecule has 0 bridgehead atoms. The van der Waals surface area contributed by atoms with Gasteiger partial charge in [0.25, 0.3) is 5.91 Å².